The number of rotatable bonds is 8. The van der Waals surface area contributed by atoms with Gasteiger partial charge in [-0.25, -0.2) is 0 Å². The fourth-order valence-corrected chi connectivity index (χ4v) is 9.96. The van der Waals surface area contributed by atoms with Crippen LogP contribution in [0.1, 0.15) is 51.4 Å². The van der Waals surface area contributed by atoms with Gasteiger partial charge in [0.25, 0.3) is 0 Å². The molecule has 0 aromatic carbocycles. The van der Waals surface area contributed by atoms with Crippen LogP contribution in [-0.4, -0.2) is 57.1 Å². The standard InChI is InChI=1S/2C12H28N2Si2.Zr/c2*1-15(2,3)13-11-9-7-8-10-12(11)14-16(4,5)6;/h2*11-12H,7-10H2,1-6H3;/q2*-2;+4/t2*11-,12-;/m11./s1. The van der Waals surface area contributed by atoms with Gasteiger partial charge in [0.1, 0.15) is 0 Å². The molecule has 0 unspecified atom stereocenters. The molecule has 0 aromatic rings. The fraction of sp³-hybridized carbons (Fsp3) is 1.00. The predicted octanol–water partition coefficient (Wildman–Crippen LogP) is 9.43. The van der Waals surface area contributed by atoms with Gasteiger partial charge in [-0.2, -0.15) is 24.2 Å². The summed E-state index contributed by atoms with van der Waals surface area (Å²) in [5.74, 6) is 0. The third kappa shape index (κ3) is 17.6. The number of hydrogen-bond acceptors (Lipinski definition) is 0. The molecule has 2 aliphatic rings. The third-order valence-electron chi connectivity index (χ3n) is 5.60. The zero-order valence-corrected chi connectivity index (χ0v) is 30.7. The molecule has 0 amide bonds. The van der Waals surface area contributed by atoms with Crippen LogP contribution in [0.15, 0.2) is 0 Å². The van der Waals surface area contributed by atoms with Gasteiger partial charge in [-0.3, -0.25) is 0 Å². The maximum atomic E-state index is 5.10. The van der Waals surface area contributed by atoms with Crippen molar-refractivity contribution < 1.29 is 26.2 Å². The van der Waals surface area contributed by atoms with Gasteiger partial charge >= 0.3 is 26.2 Å². The minimum absolute atomic E-state index is 0. The van der Waals surface area contributed by atoms with E-state index in [-0.39, 0.29) is 26.2 Å². The molecule has 2 rings (SSSR count). The second-order valence-corrected chi connectivity index (χ2v) is 32.4. The largest absolute Gasteiger partial charge is 4.00 e. The summed E-state index contributed by atoms with van der Waals surface area (Å²) >= 11 is 0. The van der Waals surface area contributed by atoms with Crippen LogP contribution in [0.3, 0.4) is 0 Å². The Morgan fingerprint density at radius 2 is 0.515 bits per heavy atom. The molecule has 0 aromatic heterocycles. The SMILES string of the molecule is C[Si](C)(C)[N-][C@@H]1CCCC[C@H]1[N-][Si](C)(C)C.C[Si](C)(C)[N-][C@@H]1CCCC[C@H]1[N-][Si](C)(C)C.[Zr+4]. The van der Waals surface area contributed by atoms with Gasteiger partial charge in [0.15, 0.2) is 0 Å². The Kier molecular flexibility index (Phi) is 15.2. The maximum absolute atomic E-state index is 5.10. The molecular weight excluding hydrogens is 548 g/mol. The first kappa shape index (κ1) is 34.6. The van der Waals surface area contributed by atoms with Crippen molar-refractivity contribution in [2.24, 2.45) is 0 Å². The van der Waals surface area contributed by atoms with Gasteiger partial charge in [-0.15, -0.1) is 0 Å². The molecule has 0 aliphatic heterocycles. The third-order valence-corrected chi connectivity index (χ3v) is 10.0. The summed E-state index contributed by atoms with van der Waals surface area (Å²) in [5, 5.41) is 0. The van der Waals surface area contributed by atoms with Gasteiger partial charge < -0.3 is 19.9 Å². The maximum Gasteiger partial charge on any atom is 4.00 e. The summed E-state index contributed by atoms with van der Waals surface area (Å²) in [6.07, 6.45) is 10.6. The molecule has 0 spiro atoms. The van der Waals surface area contributed by atoms with E-state index >= 15 is 0 Å². The van der Waals surface area contributed by atoms with Crippen LogP contribution in [0.2, 0.25) is 78.6 Å². The van der Waals surface area contributed by atoms with Crippen LogP contribution in [0.4, 0.5) is 0 Å². The molecule has 9 heteroatoms. The summed E-state index contributed by atoms with van der Waals surface area (Å²) in [5.41, 5.74) is 0. The Bertz CT molecular complexity index is 443. The monoisotopic (exact) mass is 602 g/mol. The average molecular weight is 604 g/mol. The van der Waals surface area contributed by atoms with Crippen LogP contribution >= 0.6 is 0 Å². The van der Waals surface area contributed by atoms with E-state index in [1.165, 1.54) is 51.4 Å². The minimum Gasteiger partial charge on any atom is -0.663 e. The van der Waals surface area contributed by atoms with E-state index in [0.29, 0.717) is 24.2 Å². The van der Waals surface area contributed by atoms with Gasteiger partial charge in [0.05, 0.1) is 0 Å². The quantitative estimate of drug-likeness (QED) is 0.248. The summed E-state index contributed by atoms with van der Waals surface area (Å²) in [6, 6.07) is 2.19. The number of nitrogens with zero attached hydrogens (tertiary/aromatic N) is 4. The molecule has 2 saturated carbocycles. The van der Waals surface area contributed by atoms with Gasteiger partial charge in [-0.1, -0.05) is 163 Å². The fourth-order valence-electron chi connectivity index (χ4n) is 4.78. The molecule has 0 heterocycles. The molecule has 192 valence electrons. The first-order valence-electron chi connectivity index (χ1n) is 13.2. The molecule has 0 radical (unpaired) electrons. The van der Waals surface area contributed by atoms with Gasteiger partial charge in [0.2, 0.25) is 0 Å². The van der Waals surface area contributed by atoms with Crippen molar-refractivity contribution in [3.8, 4) is 0 Å². The summed E-state index contributed by atoms with van der Waals surface area (Å²) in [4.78, 5) is 20.4. The molecule has 0 bridgehead atoms. The Labute approximate surface area is 231 Å². The molecular formula is C24H56N4Si4Zr. The first-order chi connectivity index (χ1) is 14.3. The Balaban J connectivity index is 0.000000602. The van der Waals surface area contributed by atoms with Crippen LogP contribution < -0.4 is 0 Å². The van der Waals surface area contributed by atoms with Crippen molar-refractivity contribution in [3.63, 3.8) is 0 Å². The molecule has 0 N–H and O–H groups in total. The van der Waals surface area contributed by atoms with E-state index in [2.05, 4.69) is 78.6 Å². The van der Waals surface area contributed by atoms with Crippen molar-refractivity contribution in [3.05, 3.63) is 19.9 Å². The van der Waals surface area contributed by atoms with Crippen molar-refractivity contribution >= 4 is 32.9 Å². The van der Waals surface area contributed by atoms with Crippen molar-refractivity contribution in [1.29, 1.82) is 0 Å². The van der Waals surface area contributed by atoms with E-state index < -0.39 is 32.9 Å². The van der Waals surface area contributed by atoms with Crippen LogP contribution in [0.5, 0.6) is 0 Å². The number of hydrogen-bond donors (Lipinski definition) is 0. The van der Waals surface area contributed by atoms with E-state index in [4.69, 9.17) is 19.9 Å². The van der Waals surface area contributed by atoms with Crippen molar-refractivity contribution in [2.75, 3.05) is 0 Å². The molecule has 2 aliphatic carbocycles. The molecule has 4 atom stereocenters. The van der Waals surface area contributed by atoms with Gasteiger partial charge in [-0.05, 0) is 0 Å². The summed E-state index contributed by atoms with van der Waals surface area (Å²) in [7, 11) is -5.13. The minimum atomic E-state index is -1.28. The Morgan fingerprint density at radius 1 is 0.364 bits per heavy atom. The second kappa shape index (κ2) is 14.5. The molecule has 4 nitrogen and oxygen atoms in total. The van der Waals surface area contributed by atoms with E-state index in [1.807, 2.05) is 0 Å². The topological polar surface area (TPSA) is 56.4 Å². The van der Waals surface area contributed by atoms with E-state index in [9.17, 15) is 0 Å². The van der Waals surface area contributed by atoms with Crippen LogP contribution in [0.25, 0.3) is 19.9 Å². The zero-order valence-electron chi connectivity index (χ0n) is 24.3. The molecule has 0 saturated heterocycles. The van der Waals surface area contributed by atoms with E-state index in [1.54, 1.807) is 0 Å². The normalized spacial score (nSPS) is 27.3. The summed E-state index contributed by atoms with van der Waals surface area (Å²) in [6.45, 7) is 28.1. The Morgan fingerprint density at radius 3 is 0.636 bits per heavy atom. The van der Waals surface area contributed by atoms with Gasteiger partial charge in [0, 0.05) is 0 Å². The van der Waals surface area contributed by atoms with Crippen LogP contribution in [0, 0.1) is 0 Å². The zero-order chi connectivity index (χ0) is 24.8. The van der Waals surface area contributed by atoms with Crippen molar-refractivity contribution in [2.45, 2.75) is 154 Å². The van der Waals surface area contributed by atoms with Crippen LogP contribution in [-0.2, 0) is 26.2 Å². The Hall–Kier alpha value is 1.59. The van der Waals surface area contributed by atoms with Crippen molar-refractivity contribution in [1.82, 2.24) is 0 Å². The molecule has 2 fully saturated rings. The first-order valence-corrected chi connectivity index (χ1v) is 27.0. The average Bonchev–Trinajstić information content (AvgIpc) is 2.54. The predicted molar refractivity (Wildman–Crippen MR) is 159 cm³/mol. The second-order valence-electron chi connectivity index (χ2n) is 14.0. The summed E-state index contributed by atoms with van der Waals surface area (Å²) < 4.78 is 0. The smallest absolute Gasteiger partial charge is 0.663 e. The van der Waals surface area contributed by atoms with E-state index in [0.717, 1.165) is 0 Å². The molecule has 33 heavy (non-hydrogen) atoms.